The van der Waals surface area contributed by atoms with E-state index >= 15 is 0 Å². The molecule has 0 unspecified atom stereocenters. The normalized spacial score (nSPS) is 26.2. The Bertz CT molecular complexity index is 580. The summed E-state index contributed by atoms with van der Waals surface area (Å²) in [6, 6.07) is 0.663. The van der Waals surface area contributed by atoms with Crippen LogP contribution in [-0.4, -0.2) is 47.0 Å². The molecule has 1 aromatic rings. The van der Waals surface area contributed by atoms with Gasteiger partial charge < -0.3 is 10.5 Å². The number of hydrogen-bond acceptors (Lipinski definition) is 4. The molecule has 1 spiro atoms. The van der Waals surface area contributed by atoms with Gasteiger partial charge in [0.05, 0.1) is 11.7 Å². The summed E-state index contributed by atoms with van der Waals surface area (Å²) in [7, 11) is 0. The van der Waals surface area contributed by atoms with Gasteiger partial charge in [-0.05, 0) is 31.1 Å². The number of ether oxygens (including phenoxy) is 1. The lowest BCUT2D eigenvalue weighted by molar-refractivity contribution is -0.142. The lowest BCUT2D eigenvalue weighted by atomic mass is 9.60. The first-order valence-corrected chi connectivity index (χ1v) is 8.10. The third-order valence-corrected chi connectivity index (χ3v) is 5.52. The van der Waals surface area contributed by atoms with Gasteiger partial charge in [0.25, 0.3) is 0 Å². The van der Waals surface area contributed by atoms with E-state index in [4.69, 9.17) is 10.5 Å². The molecule has 0 bridgehead atoms. The zero-order chi connectivity index (χ0) is 16.2. The molecule has 23 heavy (non-hydrogen) atoms. The predicted molar refractivity (Wildman–Crippen MR) is 77.8 cm³/mol. The second-order valence-corrected chi connectivity index (χ2v) is 7.22. The fourth-order valence-corrected chi connectivity index (χ4v) is 4.32. The number of nitrogen functional groups attached to an aromatic ring is 1. The molecule has 0 amide bonds. The van der Waals surface area contributed by atoms with Crippen LogP contribution in [0.5, 0.6) is 0 Å². The number of likely N-dealkylation sites (tertiary alicyclic amines) is 1. The number of halogens is 3. The topological polar surface area (TPSA) is 56.3 Å². The number of nitrogens with zero attached hydrogens (tertiary/aromatic N) is 3. The molecule has 3 fully saturated rings. The maximum atomic E-state index is 12.8. The van der Waals surface area contributed by atoms with Crippen LogP contribution in [0.3, 0.4) is 0 Å². The van der Waals surface area contributed by atoms with E-state index in [1.807, 2.05) is 0 Å². The number of nitrogens with two attached hydrogens (primary N) is 1. The summed E-state index contributed by atoms with van der Waals surface area (Å²) in [5.74, 6) is 0. The van der Waals surface area contributed by atoms with Crippen LogP contribution in [0.4, 0.5) is 18.9 Å². The van der Waals surface area contributed by atoms with E-state index in [0.717, 1.165) is 52.0 Å². The van der Waals surface area contributed by atoms with E-state index in [9.17, 15) is 13.2 Å². The minimum absolute atomic E-state index is 0.0465. The molecule has 5 nitrogen and oxygen atoms in total. The van der Waals surface area contributed by atoms with Gasteiger partial charge in [-0.25, -0.2) is 0 Å². The van der Waals surface area contributed by atoms with E-state index in [-0.39, 0.29) is 17.1 Å². The molecule has 2 N–H and O–H groups in total. The highest BCUT2D eigenvalue weighted by molar-refractivity contribution is 5.42. The summed E-state index contributed by atoms with van der Waals surface area (Å²) in [5.41, 5.74) is 4.49. The van der Waals surface area contributed by atoms with Crippen molar-refractivity contribution in [3.63, 3.8) is 0 Å². The fraction of sp³-hybridized carbons (Fsp3) is 0.800. The summed E-state index contributed by atoms with van der Waals surface area (Å²) >= 11 is 0. The van der Waals surface area contributed by atoms with Crippen LogP contribution < -0.4 is 5.73 Å². The first kappa shape index (κ1) is 15.3. The number of aromatic nitrogens is 2. The Labute approximate surface area is 132 Å². The Morgan fingerprint density at radius 3 is 2.39 bits per heavy atom. The quantitative estimate of drug-likeness (QED) is 0.904. The number of rotatable bonds is 2. The second kappa shape index (κ2) is 5.11. The zero-order valence-corrected chi connectivity index (χ0v) is 12.9. The van der Waals surface area contributed by atoms with Crippen molar-refractivity contribution >= 4 is 5.69 Å². The molecule has 0 radical (unpaired) electrons. The summed E-state index contributed by atoms with van der Waals surface area (Å²) in [4.78, 5) is 2.50. The first-order valence-electron chi connectivity index (χ1n) is 8.10. The third-order valence-electron chi connectivity index (χ3n) is 5.52. The van der Waals surface area contributed by atoms with Crippen LogP contribution in [0.25, 0.3) is 0 Å². The largest absolute Gasteiger partial charge is 0.437 e. The van der Waals surface area contributed by atoms with Gasteiger partial charge >= 0.3 is 6.18 Å². The van der Waals surface area contributed by atoms with E-state index in [2.05, 4.69) is 10.00 Å². The van der Waals surface area contributed by atoms with Crippen molar-refractivity contribution in [2.75, 3.05) is 32.0 Å². The van der Waals surface area contributed by atoms with E-state index in [0.29, 0.717) is 6.04 Å². The zero-order valence-electron chi connectivity index (χ0n) is 12.9. The van der Waals surface area contributed by atoms with Gasteiger partial charge in [-0.15, -0.1) is 0 Å². The van der Waals surface area contributed by atoms with Gasteiger partial charge in [0.15, 0.2) is 5.69 Å². The molecule has 3 heterocycles. The van der Waals surface area contributed by atoms with Crippen molar-refractivity contribution < 1.29 is 17.9 Å². The smallest absolute Gasteiger partial charge is 0.396 e. The Morgan fingerprint density at radius 2 is 1.83 bits per heavy atom. The highest BCUT2D eigenvalue weighted by atomic mass is 19.4. The molecular formula is C15H21F3N4O. The van der Waals surface area contributed by atoms with Gasteiger partial charge in [0.1, 0.15) is 0 Å². The Balaban J connectivity index is 1.34. The van der Waals surface area contributed by atoms with Gasteiger partial charge in [-0.2, -0.15) is 18.3 Å². The lowest BCUT2D eigenvalue weighted by Gasteiger charge is -2.61. The molecule has 0 aromatic carbocycles. The van der Waals surface area contributed by atoms with Crippen LogP contribution in [-0.2, 0) is 10.9 Å². The van der Waals surface area contributed by atoms with E-state index in [1.165, 1.54) is 10.9 Å². The maximum absolute atomic E-state index is 12.8. The number of hydrogen-bond donors (Lipinski definition) is 1. The molecular weight excluding hydrogens is 309 g/mol. The average molecular weight is 330 g/mol. The van der Waals surface area contributed by atoms with Crippen LogP contribution >= 0.6 is 0 Å². The summed E-state index contributed by atoms with van der Waals surface area (Å²) < 4.78 is 45.1. The van der Waals surface area contributed by atoms with Crippen molar-refractivity contribution in [1.82, 2.24) is 14.7 Å². The molecule has 1 aromatic heterocycles. The Hall–Kier alpha value is -1.28. The molecule has 8 heteroatoms. The summed E-state index contributed by atoms with van der Waals surface area (Å²) in [5, 5.41) is 3.67. The Morgan fingerprint density at radius 1 is 1.17 bits per heavy atom. The molecule has 1 aliphatic carbocycles. The van der Waals surface area contributed by atoms with Gasteiger partial charge in [-0.3, -0.25) is 9.58 Å². The van der Waals surface area contributed by atoms with Crippen LogP contribution in [0.1, 0.15) is 37.4 Å². The second-order valence-electron chi connectivity index (χ2n) is 7.22. The molecule has 128 valence electrons. The van der Waals surface area contributed by atoms with Crippen LogP contribution in [0, 0.1) is 5.41 Å². The third kappa shape index (κ3) is 2.61. The van der Waals surface area contributed by atoms with E-state index in [1.54, 1.807) is 0 Å². The molecule has 1 saturated carbocycles. The first-order chi connectivity index (χ1) is 10.9. The fourth-order valence-electron chi connectivity index (χ4n) is 4.32. The van der Waals surface area contributed by atoms with Gasteiger partial charge in [0.2, 0.25) is 0 Å². The van der Waals surface area contributed by atoms with Crippen LogP contribution in [0.15, 0.2) is 6.20 Å². The predicted octanol–water partition coefficient (Wildman–Crippen LogP) is 2.30. The lowest BCUT2D eigenvalue weighted by Crippen LogP contribution is -2.65. The minimum atomic E-state index is -4.48. The van der Waals surface area contributed by atoms with E-state index < -0.39 is 11.9 Å². The van der Waals surface area contributed by atoms with Crippen molar-refractivity contribution in [1.29, 1.82) is 0 Å². The molecule has 2 aliphatic heterocycles. The molecule has 4 rings (SSSR count). The van der Waals surface area contributed by atoms with Gasteiger partial charge in [0, 0.05) is 38.5 Å². The Kier molecular flexibility index (Phi) is 3.39. The SMILES string of the molecule is Nc1cn(C2CC3(C2)CN(C2CCOCC2)C3)nc1C(F)(F)F. The van der Waals surface area contributed by atoms with Crippen LogP contribution in [0.2, 0.25) is 0 Å². The number of anilines is 1. The summed E-state index contributed by atoms with van der Waals surface area (Å²) in [6.07, 6.45) is 0.812. The molecule has 3 aliphatic rings. The van der Waals surface area contributed by atoms with Gasteiger partial charge in [-0.1, -0.05) is 0 Å². The highest BCUT2D eigenvalue weighted by Gasteiger charge is 2.54. The monoisotopic (exact) mass is 330 g/mol. The molecule has 0 atom stereocenters. The van der Waals surface area contributed by atoms with Crippen molar-refractivity contribution in [2.24, 2.45) is 5.41 Å². The standard InChI is InChI=1S/C15H21F3N4O/c16-15(17,18)13-12(19)7-22(20-13)11-5-14(6-11)8-21(9-14)10-1-3-23-4-2-10/h7,10-11H,1-6,8-9,19H2. The summed E-state index contributed by atoms with van der Waals surface area (Å²) in [6.45, 7) is 3.78. The van der Waals surface area contributed by atoms with Crippen molar-refractivity contribution in [2.45, 2.75) is 43.9 Å². The number of alkyl halides is 3. The minimum Gasteiger partial charge on any atom is -0.396 e. The van der Waals surface area contributed by atoms with Crippen molar-refractivity contribution in [3.05, 3.63) is 11.9 Å². The maximum Gasteiger partial charge on any atom is 0.437 e. The molecule has 2 saturated heterocycles. The van der Waals surface area contributed by atoms with Crippen molar-refractivity contribution in [3.8, 4) is 0 Å². The highest BCUT2D eigenvalue weighted by Crippen LogP contribution is 2.55. The average Bonchev–Trinajstić information content (AvgIpc) is 2.79.